The van der Waals surface area contributed by atoms with E-state index >= 15 is 0 Å². The number of halogens is 3. The molecule has 3 nitrogen and oxygen atoms in total. The van der Waals surface area contributed by atoms with Crippen LogP contribution in [0.4, 0.5) is 8.78 Å². The number of hydrogen-bond acceptors (Lipinski definition) is 3. The molecular weight excluding hydrogens is 456 g/mol. The lowest BCUT2D eigenvalue weighted by Crippen LogP contribution is -2.16. The zero-order valence-corrected chi connectivity index (χ0v) is 17.3. The van der Waals surface area contributed by atoms with Crippen LogP contribution in [0.2, 0.25) is 0 Å². The van der Waals surface area contributed by atoms with Gasteiger partial charge in [-0.05, 0) is 59.0 Å². The van der Waals surface area contributed by atoms with Gasteiger partial charge in [-0.3, -0.25) is 0 Å². The molecule has 3 aromatic carbocycles. The second-order valence-electron chi connectivity index (χ2n) is 6.01. The van der Waals surface area contributed by atoms with Crippen LogP contribution in [0, 0.1) is 18.6 Å². The fourth-order valence-corrected chi connectivity index (χ4v) is 4.10. The Morgan fingerprint density at radius 3 is 2.04 bits per heavy atom. The molecule has 0 aliphatic heterocycles. The Bertz CT molecular complexity index is 1140. The van der Waals surface area contributed by atoms with Gasteiger partial charge in [0.15, 0.2) is 4.90 Å². The molecule has 3 aromatic rings. The minimum absolute atomic E-state index is 0.185. The van der Waals surface area contributed by atoms with Gasteiger partial charge >= 0.3 is 0 Å². The number of sulfonamides is 1. The first-order chi connectivity index (χ1) is 12.6. The molecule has 0 spiro atoms. The van der Waals surface area contributed by atoms with Crippen molar-refractivity contribution in [3.05, 3.63) is 70.2 Å². The molecule has 0 radical (unpaired) electrons. The number of nitrogens with two attached hydrogens (primary N) is 1. The SMILES string of the molecule is Cc1ccc(-c2ccc(-c3cc(F)c(S(N)(=O)=O)c(F)c3)cc2S)cc1Br. The predicted octanol–water partition coefficient (Wildman–Crippen LogP) is 5.31. The molecule has 0 aromatic heterocycles. The lowest BCUT2D eigenvalue weighted by atomic mass is 9.99. The molecule has 0 bridgehead atoms. The van der Waals surface area contributed by atoms with Crippen LogP contribution >= 0.6 is 28.6 Å². The minimum atomic E-state index is -4.49. The summed E-state index contributed by atoms with van der Waals surface area (Å²) in [6, 6.07) is 12.9. The van der Waals surface area contributed by atoms with Gasteiger partial charge in [-0.1, -0.05) is 40.2 Å². The Balaban J connectivity index is 2.07. The molecule has 0 unspecified atom stereocenters. The summed E-state index contributed by atoms with van der Waals surface area (Å²) in [4.78, 5) is -0.530. The Hall–Kier alpha value is -1.74. The average Bonchev–Trinajstić information content (AvgIpc) is 2.55. The van der Waals surface area contributed by atoms with Crippen molar-refractivity contribution in [3.8, 4) is 22.3 Å². The molecule has 0 aliphatic carbocycles. The third-order valence-electron chi connectivity index (χ3n) is 4.10. The molecule has 0 amide bonds. The van der Waals surface area contributed by atoms with Crippen molar-refractivity contribution >= 4 is 38.6 Å². The summed E-state index contributed by atoms with van der Waals surface area (Å²) in [5.74, 6) is -2.47. The van der Waals surface area contributed by atoms with Crippen LogP contribution in [-0.2, 0) is 10.0 Å². The highest BCUT2D eigenvalue weighted by molar-refractivity contribution is 9.10. The molecule has 0 atom stereocenters. The zero-order chi connectivity index (χ0) is 19.9. The maximum Gasteiger partial charge on any atom is 0.243 e. The number of hydrogen-bond donors (Lipinski definition) is 2. The lowest BCUT2D eigenvalue weighted by Gasteiger charge is -2.11. The molecule has 0 aliphatic rings. The largest absolute Gasteiger partial charge is 0.243 e. The van der Waals surface area contributed by atoms with Crippen LogP contribution in [0.3, 0.4) is 0 Å². The van der Waals surface area contributed by atoms with Gasteiger partial charge in [0.1, 0.15) is 11.6 Å². The molecule has 0 saturated heterocycles. The van der Waals surface area contributed by atoms with Gasteiger partial charge in [0.05, 0.1) is 0 Å². The number of thiol groups is 1. The molecule has 2 N–H and O–H groups in total. The monoisotopic (exact) mass is 469 g/mol. The average molecular weight is 470 g/mol. The second kappa shape index (κ2) is 7.35. The third-order valence-corrected chi connectivity index (χ3v) is 6.28. The number of rotatable bonds is 3. The van der Waals surface area contributed by atoms with E-state index in [-0.39, 0.29) is 5.56 Å². The van der Waals surface area contributed by atoms with Gasteiger partial charge in [0.2, 0.25) is 10.0 Å². The van der Waals surface area contributed by atoms with Crippen molar-refractivity contribution in [2.75, 3.05) is 0 Å². The Kier molecular flexibility index (Phi) is 5.45. The van der Waals surface area contributed by atoms with E-state index in [1.54, 1.807) is 18.2 Å². The fourth-order valence-electron chi connectivity index (χ4n) is 2.71. The first kappa shape index (κ1) is 20.0. The smallest absolute Gasteiger partial charge is 0.224 e. The number of primary sulfonamides is 1. The van der Waals surface area contributed by atoms with E-state index < -0.39 is 26.6 Å². The highest BCUT2D eigenvalue weighted by Gasteiger charge is 2.21. The van der Waals surface area contributed by atoms with E-state index in [9.17, 15) is 17.2 Å². The molecule has 0 saturated carbocycles. The van der Waals surface area contributed by atoms with Crippen molar-refractivity contribution in [2.45, 2.75) is 16.7 Å². The maximum absolute atomic E-state index is 14.1. The fraction of sp³-hybridized carbons (Fsp3) is 0.0526. The van der Waals surface area contributed by atoms with Gasteiger partial charge in [-0.2, -0.15) is 0 Å². The first-order valence-corrected chi connectivity index (χ1v) is 10.5. The Morgan fingerprint density at radius 2 is 1.52 bits per heavy atom. The van der Waals surface area contributed by atoms with Crippen LogP contribution in [0.1, 0.15) is 5.56 Å². The van der Waals surface area contributed by atoms with E-state index in [1.807, 2.05) is 25.1 Å². The minimum Gasteiger partial charge on any atom is -0.224 e. The predicted molar refractivity (Wildman–Crippen MR) is 108 cm³/mol. The molecule has 0 fully saturated rings. The maximum atomic E-state index is 14.1. The molecule has 27 heavy (non-hydrogen) atoms. The van der Waals surface area contributed by atoms with E-state index in [1.165, 1.54) is 0 Å². The molecule has 8 heteroatoms. The normalized spacial score (nSPS) is 11.6. The highest BCUT2D eigenvalue weighted by Crippen LogP contribution is 2.34. The van der Waals surface area contributed by atoms with Crippen molar-refractivity contribution < 1.29 is 17.2 Å². The van der Waals surface area contributed by atoms with Gasteiger partial charge < -0.3 is 0 Å². The standard InChI is InChI=1S/C19H14BrF2NO2S2/c1-10-2-3-12(6-15(10)20)14-5-4-11(9-18(14)26)13-7-16(21)19(17(22)8-13)27(23,24)25/h2-9,26H,1H3,(H2,23,24,25). The van der Waals surface area contributed by atoms with E-state index in [2.05, 4.69) is 28.6 Å². The molecule has 3 rings (SSSR count). The first-order valence-electron chi connectivity index (χ1n) is 7.69. The summed E-state index contributed by atoms with van der Waals surface area (Å²) < 4.78 is 51.8. The van der Waals surface area contributed by atoms with Crippen molar-refractivity contribution in [2.24, 2.45) is 5.14 Å². The summed E-state index contributed by atoms with van der Waals surface area (Å²) >= 11 is 7.98. The summed E-state index contributed by atoms with van der Waals surface area (Å²) in [7, 11) is -4.49. The molecule has 0 heterocycles. The van der Waals surface area contributed by atoms with Crippen LogP contribution in [-0.4, -0.2) is 8.42 Å². The van der Waals surface area contributed by atoms with Crippen LogP contribution in [0.15, 0.2) is 62.8 Å². The van der Waals surface area contributed by atoms with E-state index in [4.69, 9.17) is 5.14 Å². The van der Waals surface area contributed by atoms with Crippen molar-refractivity contribution in [1.82, 2.24) is 0 Å². The highest BCUT2D eigenvalue weighted by atomic mass is 79.9. The van der Waals surface area contributed by atoms with Gasteiger partial charge in [-0.15, -0.1) is 12.6 Å². The van der Waals surface area contributed by atoms with Crippen molar-refractivity contribution in [3.63, 3.8) is 0 Å². The summed E-state index contributed by atoms with van der Waals surface area (Å²) in [6.07, 6.45) is 0. The van der Waals surface area contributed by atoms with Crippen LogP contribution in [0.5, 0.6) is 0 Å². The van der Waals surface area contributed by atoms with Crippen LogP contribution < -0.4 is 5.14 Å². The van der Waals surface area contributed by atoms with E-state index in [0.29, 0.717) is 10.5 Å². The zero-order valence-electron chi connectivity index (χ0n) is 14.0. The van der Waals surface area contributed by atoms with Gasteiger partial charge in [-0.25, -0.2) is 22.3 Å². The molecular formula is C19H14BrF2NO2S2. The second-order valence-corrected chi connectivity index (χ2v) is 8.84. The summed E-state index contributed by atoms with van der Waals surface area (Å²) in [5, 5.41) is 4.85. The van der Waals surface area contributed by atoms with Crippen LogP contribution in [0.25, 0.3) is 22.3 Å². The Morgan fingerprint density at radius 1 is 0.926 bits per heavy atom. The van der Waals surface area contributed by atoms with E-state index in [0.717, 1.165) is 33.3 Å². The number of aryl methyl sites for hydroxylation is 1. The van der Waals surface area contributed by atoms with Gasteiger partial charge in [0.25, 0.3) is 0 Å². The summed E-state index contributed by atoms with van der Waals surface area (Å²) in [5.41, 5.74) is 3.56. The summed E-state index contributed by atoms with van der Waals surface area (Å²) in [6.45, 7) is 1.98. The lowest BCUT2D eigenvalue weighted by molar-refractivity contribution is 0.520. The quantitative estimate of drug-likeness (QED) is 0.510. The third kappa shape index (κ3) is 4.08. The van der Waals surface area contributed by atoms with Gasteiger partial charge in [0, 0.05) is 9.37 Å². The van der Waals surface area contributed by atoms with Crippen molar-refractivity contribution in [1.29, 1.82) is 0 Å². The molecule has 140 valence electrons. The Labute approximate surface area is 169 Å². The number of benzene rings is 3. The topological polar surface area (TPSA) is 60.2 Å².